The van der Waals surface area contributed by atoms with Crippen molar-refractivity contribution in [3.05, 3.63) is 29.7 Å². The second-order valence-corrected chi connectivity index (χ2v) is 5.30. The molecular weight excluding hydrogens is 258 g/mol. The Hall–Kier alpha value is -2.11. The third kappa shape index (κ3) is 3.07. The molecule has 2 atom stereocenters. The van der Waals surface area contributed by atoms with Crippen molar-refractivity contribution in [2.24, 2.45) is 11.7 Å². The molecule has 6 heteroatoms. The van der Waals surface area contributed by atoms with Gasteiger partial charge in [-0.15, -0.1) is 0 Å². The summed E-state index contributed by atoms with van der Waals surface area (Å²) in [5.41, 5.74) is 6.08. The van der Waals surface area contributed by atoms with Crippen LogP contribution in [0.1, 0.15) is 48.9 Å². The Morgan fingerprint density at radius 3 is 2.70 bits per heavy atom. The second-order valence-electron chi connectivity index (χ2n) is 5.30. The SMILES string of the molecule is CC(C)c1cc(C(=O)N[C@@H]2CC=CC[C@H]2C(N)=O)on1. The maximum absolute atomic E-state index is 12.1. The summed E-state index contributed by atoms with van der Waals surface area (Å²) >= 11 is 0. The first-order valence-corrected chi connectivity index (χ1v) is 6.70. The summed E-state index contributed by atoms with van der Waals surface area (Å²) < 4.78 is 5.03. The van der Waals surface area contributed by atoms with Crippen molar-refractivity contribution in [3.63, 3.8) is 0 Å². The Morgan fingerprint density at radius 2 is 2.10 bits per heavy atom. The molecule has 0 spiro atoms. The van der Waals surface area contributed by atoms with E-state index < -0.39 is 5.91 Å². The van der Waals surface area contributed by atoms with Gasteiger partial charge in [0.2, 0.25) is 11.7 Å². The Bertz CT molecular complexity index is 534. The maximum Gasteiger partial charge on any atom is 0.290 e. The highest BCUT2D eigenvalue weighted by molar-refractivity contribution is 5.92. The van der Waals surface area contributed by atoms with Gasteiger partial charge in [-0.2, -0.15) is 0 Å². The van der Waals surface area contributed by atoms with Gasteiger partial charge in [-0.3, -0.25) is 9.59 Å². The van der Waals surface area contributed by atoms with E-state index in [4.69, 9.17) is 10.3 Å². The van der Waals surface area contributed by atoms with Crippen molar-refractivity contribution >= 4 is 11.8 Å². The quantitative estimate of drug-likeness (QED) is 0.811. The van der Waals surface area contributed by atoms with Crippen molar-refractivity contribution < 1.29 is 14.1 Å². The molecule has 0 bridgehead atoms. The van der Waals surface area contributed by atoms with Crippen molar-refractivity contribution in [2.75, 3.05) is 0 Å². The van der Waals surface area contributed by atoms with Gasteiger partial charge in [0.15, 0.2) is 0 Å². The Labute approximate surface area is 117 Å². The number of allylic oxidation sites excluding steroid dienone is 1. The largest absolute Gasteiger partial charge is 0.369 e. The normalized spacial score (nSPS) is 21.9. The van der Waals surface area contributed by atoms with Crippen LogP contribution < -0.4 is 11.1 Å². The number of hydrogen-bond donors (Lipinski definition) is 2. The number of aromatic nitrogens is 1. The maximum atomic E-state index is 12.1. The van der Waals surface area contributed by atoms with E-state index in [0.717, 1.165) is 5.69 Å². The lowest BCUT2D eigenvalue weighted by Crippen LogP contribution is -2.46. The summed E-state index contributed by atoms with van der Waals surface area (Å²) in [7, 11) is 0. The van der Waals surface area contributed by atoms with E-state index >= 15 is 0 Å². The van der Waals surface area contributed by atoms with E-state index in [-0.39, 0.29) is 29.5 Å². The standard InChI is InChI=1S/C14H19N3O3/c1-8(2)11-7-12(20-17-11)14(19)16-10-6-4-3-5-9(10)13(15)18/h3-4,7-10H,5-6H2,1-2H3,(H2,15,18)(H,16,19)/t9-,10-/m1/s1. The number of amides is 2. The molecule has 0 aliphatic heterocycles. The van der Waals surface area contributed by atoms with Crippen LogP contribution in [-0.2, 0) is 4.79 Å². The first-order chi connectivity index (χ1) is 9.49. The molecule has 1 aromatic rings. The van der Waals surface area contributed by atoms with Crippen LogP contribution in [0.15, 0.2) is 22.7 Å². The van der Waals surface area contributed by atoms with Crippen LogP contribution in [0.25, 0.3) is 0 Å². The lowest BCUT2D eigenvalue weighted by atomic mass is 9.88. The molecule has 6 nitrogen and oxygen atoms in total. The third-order valence-electron chi connectivity index (χ3n) is 3.46. The van der Waals surface area contributed by atoms with E-state index in [2.05, 4.69) is 10.5 Å². The molecule has 1 aliphatic carbocycles. The van der Waals surface area contributed by atoms with Gasteiger partial charge >= 0.3 is 0 Å². The lowest BCUT2D eigenvalue weighted by molar-refractivity contribution is -0.122. The van der Waals surface area contributed by atoms with Gasteiger partial charge in [0.1, 0.15) is 0 Å². The van der Waals surface area contributed by atoms with Crippen LogP contribution >= 0.6 is 0 Å². The predicted octanol–water partition coefficient (Wildman–Crippen LogP) is 1.35. The molecule has 20 heavy (non-hydrogen) atoms. The van der Waals surface area contributed by atoms with E-state index in [0.29, 0.717) is 12.8 Å². The minimum atomic E-state index is -0.403. The minimum absolute atomic E-state index is 0.159. The summed E-state index contributed by atoms with van der Waals surface area (Å²) in [6.45, 7) is 3.93. The number of nitrogens with one attached hydrogen (secondary N) is 1. The van der Waals surface area contributed by atoms with Crippen LogP contribution in [0.4, 0.5) is 0 Å². The average Bonchev–Trinajstić information content (AvgIpc) is 2.89. The number of nitrogens with zero attached hydrogens (tertiary/aromatic N) is 1. The average molecular weight is 277 g/mol. The fourth-order valence-electron chi connectivity index (χ4n) is 2.20. The number of nitrogens with two attached hydrogens (primary N) is 1. The van der Waals surface area contributed by atoms with Gasteiger partial charge in [-0.1, -0.05) is 31.2 Å². The van der Waals surface area contributed by atoms with Crippen LogP contribution in [0.2, 0.25) is 0 Å². The van der Waals surface area contributed by atoms with Gasteiger partial charge in [0.25, 0.3) is 5.91 Å². The van der Waals surface area contributed by atoms with Crippen molar-refractivity contribution in [1.29, 1.82) is 0 Å². The van der Waals surface area contributed by atoms with E-state index in [1.165, 1.54) is 0 Å². The van der Waals surface area contributed by atoms with Gasteiger partial charge in [0, 0.05) is 12.1 Å². The van der Waals surface area contributed by atoms with Gasteiger partial charge in [-0.05, 0) is 18.8 Å². The van der Waals surface area contributed by atoms with Crippen molar-refractivity contribution in [1.82, 2.24) is 10.5 Å². The fourth-order valence-corrected chi connectivity index (χ4v) is 2.20. The first-order valence-electron chi connectivity index (χ1n) is 6.70. The summed E-state index contributed by atoms with van der Waals surface area (Å²) in [4.78, 5) is 23.5. The number of rotatable bonds is 4. The number of carbonyl (C=O) groups is 2. The predicted molar refractivity (Wildman–Crippen MR) is 72.9 cm³/mol. The molecule has 1 aromatic heterocycles. The topological polar surface area (TPSA) is 98.2 Å². The molecule has 2 rings (SSSR count). The zero-order valence-corrected chi connectivity index (χ0v) is 11.6. The third-order valence-corrected chi connectivity index (χ3v) is 3.46. The van der Waals surface area contributed by atoms with E-state index in [9.17, 15) is 9.59 Å². The molecule has 0 saturated carbocycles. The number of hydrogen-bond acceptors (Lipinski definition) is 4. The fraction of sp³-hybridized carbons (Fsp3) is 0.500. The molecule has 2 amide bonds. The Balaban J connectivity index is 2.06. The zero-order chi connectivity index (χ0) is 14.7. The molecule has 0 radical (unpaired) electrons. The smallest absolute Gasteiger partial charge is 0.290 e. The summed E-state index contributed by atoms with van der Waals surface area (Å²) in [5, 5.41) is 6.64. The van der Waals surface area contributed by atoms with Gasteiger partial charge in [-0.25, -0.2) is 0 Å². The Morgan fingerprint density at radius 1 is 1.40 bits per heavy atom. The minimum Gasteiger partial charge on any atom is -0.369 e. The van der Waals surface area contributed by atoms with Crippen LogP contribution in [0.3, 0.4) is 0 Å². The van der Waals surface area contributed by atoms with Crippen molar-refractivity contribution in [3.8, 4) is 0 Å². The van der Waals surface area contributed by atoms with Gasteiger partial charge in [0.05, 0.1) is 11.6 Å². The molecule has 1 aliphatic rings. The monoisotopic (exact) mass is 277 g/mol. The lowest BCUT2D eigenvalue weighted by Gasteiger charge is -2.26. The second kappa shape index (κ2) is 5.90. The molecule has 0 fully saturated rings. The first kappa shape index (κ1) is 14.3. The van der Waals surface area contributed by atoms with Crippen LogP contribution in [0, 0.1) is 5.92 Å². The zero-order valence-electron chi connectivity index (χ0n) is 11.6. The van der Waals surface area contributed by atoms with Crippen LogP contribution in [0.5, 0.6) is 0 Å². The molecule has 108 valence electrons. The summed E-state index contributed by atoms with van der Waals surface area (Å²) in [6, 6.07) is 1.33. The molecule has 3 N–H and O–H groups in total. The van der Waals surface area contributed by atoms with E-state index in [1.54, 1.807) is 6.07 Å². The van der Waals surface area contributed by atoms with E-state index in [1.807, 2.05) is 26.0 Å². The summed E-state index contributed by atoms with van der Waals surface area (Å²) in [5.74, 6) is -0.796. The molecule has 0 aromatic carbocycles. The van der Waals surface area contributed by atoms with Gasteiger partial charge < -0.3 is 15.6 Å². The molecular formula is C14H19N3O3. The number of carbonyl (C=O) groups excluding carboxylic acids is 2. The number of primary amides is 1. The highest BCUT2D eigenvalue weighted by Crippen LogP contribution is 2.20. The van der Waals surface area contributed by atoms with Crippen molar-refractivity contribution in [2.45, 2.75) is 38.6 Å². The molecule has 0 unspecified atom stereocenters. The summed E-state index contributed by atoms with van der Waals surface area (Å²) in [6.07, 6.45) is 4.98. The highest BCUT2D eigenvalue weighted by Gasteiger charge is 2.29. The Kier molecular flexibility index (Phi) is 4.22. The van der Waals surface area contributed by atoms with Crippen LogP contribution in [-0.4, -0.2) is 23.0 Å². The molecule has 1 heterocycles. The molecule has 0 saturated heterocycles. The highest BCUT2D eigenvalue weighted by atomic mass is 16.5.